The highest BCUT2D eigenvalue weighted by molar-refractivity contribution is 6.31. The van der Waals surface area contributed by atoms with Crippen molar-refractivity contribution in [1.82, 2.24) is 10.3 Å². The summed E-state index contributed by atoms with van der Waals surface area (Å²) in [6.07, 6.45) is 4.60. The van der Waals surface area contributed by atoms with Gasteiger partial charge in [-0.2, -0.15) is 0 Å². The molecule has 0 bridgehead atoms. The third kappa shape index (κ3) is 3.38. The number of aromatic nitrogens is 1. The molecule has 104 valence electrons. The summed E-state index contributed by atoms with van der Waals surface area (Å²) < 4.78 is 5.56. The molecule has 0 amide bonds. The first-order valence-corrected chi connectivity index (χ1v) is 7.34. The highest BCUT2D eigenvalue weighted by Crippen LogP contribution is 2.24. The van der Waals surface area contributed by atoms with Gasteiger partial charge in [0.05, 0.1) is 17.7 Å². The van der Waals surface area contributed by atoms with Gasteiger partial charge in [-0.15, -0.1) is 0 Å². The van der Waals surface area contributed by atoms with Crippen molar-refractivity contribution >= 4 is 17.4 Å². The molecule has 2 heterocycles. The van der Waals surface area contributed by atoms with Gasteiger partial charge < -0.3 is 15.0 Å². The van der Waals surface area contributed by atoms with E-state index in [1.165, 1.54) is 12.8 Å². The van der Waals surface area contributed by atoms with E-state index in [0.29, 0.717) is 6.04 Å². The standard InChI is InChI=1S/C14H20ClN3O/c1-10-9-18(4-5-19-10)14-6-11(13(15)8-17-14)7-16-12-2-3-12/h6,8,10,12,16H,2-5,7,9H2,1H3. The van der Waals surface area contributed by atoms with Gasteiger partial charge in [0.25, 0.3) is 0 Å². The molecule has 4 nitrogen and oxygen atoms in total. The van der Waals surface area contributed by atoms with Crippen LogP contribution in [0.25, 0.3) is 0 Å². The monoisotopic (exact) mass is 281 g/mol. The average molecular weight is 282 g/mol. The minimum atomic E-state index is 0.263. The fraction of sp³-hybridized carbons (Fsp3) is 0.643. The number of hydrogen-bond donors (Lipinski definition) is 1. The van der Waals surface area contributed by atoms with Crippen LogP contribution < -0.4 is 10.2 Å². The average Bonchev–Trinajstić information content (AvgIpc) is 3.22. The molecule has 1 saturated heterocycles. The van der Waals surface area contributed by atoms with E-state index < -0.39 is 0 Å². The molecule has 2 aliphatic rings. The van der Waals surface area contributed by atoms with Crippen LogP contribution >= 0.6 is 11.6 Å². The van der Waals surface area contributed by atoms with E-state index in [9.17, 15) is 0 Å². The highest BCUT2D eigenvalue weighted by atomic mass is 35.5. The zero-order valence-electron chi connectivity index (χ0n) is 11.2. The molecular weight excluding hydrogens is 262 g/mol. The molecule has 1 unspecified atom stereocenters. The lowest BCUT2D eigenvalue weighted by Crippen LogP contribution is -2.41. The number of anilines is 1. The lowest BCUT2D eigenvalue weighted by Gasteiger charge is -2.32. The second-order valence-electron chi connectivity index (χ2n) is 5.42. The van der Waals surface area contributed by atoms with Gasteiger partial charge in [-0.25, -0.2) is 4.98 Å². The molecule has 1 N–H and O–H groups in total. The third-order valence-corrected chi connectivity index (χ3v) is 3.98. The molecule has 1 saturated carbocycles. The van der Waals surface area contributed by atoms with Crippen LogP contribution in [-0.2, 0) is 11.3 Å². The summed E-state index contributed by atoms with van der Waals surface area (Å²) in [4.78, 5) is 6.72. The van der Waals surface area contributed by atoms with Gasteiger partial charge >= 0.3 is 0 Å². The summed E-state index contributed by atoms with van der Waals surface area (Å²) in [5, 5.41) is 4.25. The molecule has 1 atom stereocenters. The number of nitrogens with zero attached hydrogens (tertiary/aromatic N) is 2. The maximum absolute atomic E-state index is 6.22. The summed E-state index contributed by atoms with van der Waals surface area (Å²) >= 11 is 6.22. The largest absolute Gasteiger partial charge is 0.375 e. The van der Waals surface area contributed by atoms with Crippen LogP contribution in [0.3, 0.4) is 0 Å². The molecular formula is C14H20ClN3O. The van der Waals surface area contributed by atoms with Crippen molar-refractivity contribution in [2.24, 2.45) is 0 Å². The number of rotatable bonds is 4. The van der Waals surface area contributed by atoms with Crippen LogP contribution in [-0.4, -0.2) is 36.8 Å². The molecule has 0 aromatic carbocycles. The molecule has 19 heavy (non-hydrogen) atoms. The Kier molecular flexibility index (Phi) is 3.91. The van der Waals surface area contributed by atoms with Crippen molar-refractivity contribution in [2.45, 2.75) is 38.5 Å². The predicted molar refractivity (Wildman–Crippen MR) is 76.7 cm³/mol. The summed E-state index contributed by atoms with van der Waals surface area (Å²) in [7, 11) is 0. The molecule has 5 heteroatoms. The minimum absolute atomic E-state index is 0.263. The Bertz CT molecular complexity index is 450. The molecule has 3 rings (SSSR count). The molecule has 1 aromatic rings. The van der Waals surface area contributed by atoms with Crippen molar-refractivity contribution in [3.8, 4) is 0 Å². The van der Waals surface area contributed by atoms with Gasteiger partial charge in [0.15, 0.2) is 0 Å². The lowest BCUT2D eigenvalue weighted by atomic mass is 10.2. The van der Waals surface area contributed by atoms with Crippen molar-refractivity contribution < 1.29 is 4.74 Å². The van der Waals surface area contributed by atoms with E-state index in [0.717, 1.165) is 42.6 Å². The molecule has 1 aromatic heterocycles. The molecule has 1 aliphatic carbocycles. The smallest absolute Gasteiger partial charge is 0.129 e. The van der Waals surface area contributed by atoms with E-state index in [-0.39, 0.29) is 6.10 Å². The Morgan fingerprint density at radius 1 is 1.53 bits per heavy atom. The number of nitrogens with one attached hydrogen (secondary N) is 1. The highest BCUT2D eigenvalue weighted by Gasteiger charge is 2.22. The zero-order chi connectivity index (χ0) is 13.2. The second-order valence-corrected chi connectivity index (χ2v) is 5.82. The second kappa shape index (κ2) is 5.65. The van der Waals surface area contributed by atoms with Gasteiger partial charge in [0.1, 0.15) is 5.82 Å². The summed E-state index contributed by atoms with van der Waals surface area (Å²) in [5.74, 6) is 1.01. The van der Waals surface area contributed by atoms with E-state index in [1.807, 2.05) is 0 Å². The van der Waals surface area contributed by atoms with Crippen LogP contribution in [0.1, 0.15) is 25.3 Å². The van der Waals surface area contributed by atoms with E-state index in [1.54, 1.807) is 6.20 Å². The molecule has 0 radical (unpaired) electrons. The van der Waals surface area contributed by atoms with Crippen molar-refractivity contribution in [2.75, 3.05) is 24.6 Å². The number of ether oxygens (including phenoxy) is 1. The van der Waals surface area contributed by atoms with E-state index in [2.05, 4.69) is 28.2 Å². The van der Waals surface area contributed by atoms with Crippen molar-refractivity contribution in [3.05, 3.63) is 22.8 Å². The van der Waals surface area contributed by atoms with Gasteiger partial charge in [-0.3, -0.25) is 0 Å². The summed E-state index contributed by atoms with van der Waals surface area (Å²) in [6.45, 7) is 5.48. The zero-order valence-corrected chi connectivity index (χ0v) is 12.0. The first-order valence-electron chi connectivity index (χ1n) is 6.97. The maximum Gasteiger partial charge on any atom is 0.129 e. The summed E-state index contributed by atoms with van der Waals surface area (Å²) in [5.41, 5.74) is 1.14. The minimum Gasteiger partial charge on any atom is -0.375 e. The first-order chi connectivity index (χ1) is 9.22. The maximum atomic E-state index is 6.22. The number of pyridine rings is 1. The number of morpholine rings is 1. The quantitative estimate of drug-likeness (QED) is 0.918. The fourth-order valence-corrected chi connectivity index (χ4v) is 2.51. The normalized spacial score (nSPS) is 23.7. The van der Waals surface area contributed by atoms with Gasteiger partial charge in [0, 0.05) is 31.9 Å². The van der Waals surface area contributed by atoms with Crippen molar-refractivity contribution in [1.29, 1.82) is 0 Å². The van der Waals surface area contributed by atoms with E-state index >= 15 is 0 Å². The van der Waals surface area contributed by atoms with Gasteiger partial charge in [-0.05, 0) is 31.4 Å². The molecule has 2 fully saturated rings. The van der Waals surface area contributed by atoms with Crippen LogP contribution in [0.4, 0.5) is 5.82 Å². The third-order valence-electron chi connectivity index (χ3n) is 3.64. The topological polar surface area (TPSA) is 37.4 Å². The Morgan fingerprint density at radius 2 is 2.37 bits per heavy atom. The fourth-order valence-electron chi connectivity index (χ4n) is 2.34. The van der Waals surface area contributed by atoms with Gasteiger partial charge in [0.2, 0.25) is 0 Å². The van der Waals surface area contributed by atoms with Crippen LogP contribution in [0.5, 0.6) is 0 Å². The Labute approximate surface area is 119 Å². The summed E-state index contributed by atoms with van der Waals surface area (Å²) in [6, 6.07) is 2.80. The van der Waals surface area contributed by atoms with Crippen LogP contribution in [0.15, 0.2) is 12.3 Å². The van der Waals surface area contributed by atoms with Crippen molar-refractivity contribution in [3.63, 3.8) is 0 Å². The van der Waals surface area contributed by atoms with Crippen LogP contribution in [0, 0.1) is 0 Å². The lowest BCUT2D eigenvalue weighted by molar-refractivity contribution is 0.0529. The SMILES string of the molecule is CC1CN(c2cc(CNC3CC3)c(Cl)cn2)CCO1. The first kappa shape index (κ1) is 13.2. The van der Waals surface area contributed by atoms with E-state index in [4.69, 9.17) is 16.3 Å². The predicted octanol–water partition coefficient (Wildman–Crippen LogP) is 2.21. The molecule has 1 aliphatic heterocycles. The Morgan fingerprint density at radius 3 is 3.11 bits per heavy atom. The Balaban J connectivity index is 1.71. The number of halogens is 1. The van der Waals surface area contributed by atoms with Crippen LogP contribution in [0.2, 0.25) is 5.02 Å². The van der Waals surface area contributed by atoms with Gasteiger partial charge in [-0.1, -0.05) is 11.6 Å². The Hall–Kier alpha value is -0.840. The molecule has 0 spiro atoms. The number of hydrogen-bond acceptors (Lipinski definition) is 4.